The van der Waals surface area contributed by atoms with Gasteiger partial charge in [0, 0.05) is 18.6 Å². The first kappa shape index (κ1) is 13.4. The Morgan fingerprint density at radius 3 is 2.80 bits per heavy atom. The van der Waals surface area contributed by atoms with Crippen molar-refractivity contribution in [1.82, 2.24) is 10.2 Å². The summed E-state index contributed by atoms with van der Waals surface area (Å²) in [5, 5.41) is 13.1. The van der Waals surface area contributed by atoms with Crippen molar-refractivity contribution in [2.24, 2.45) is 0 Å². The maximum atomic E-state index is 13.8. The molecule has 1 amide bonds. The van der Waals surface area contributed by atoms with Crippen LogP contribution in [0.15, 0.2) is 18.2 Å². The molecule has 5 heteroatoms. The molecule has 3 rings (SSSR count). The molecule has 2 aliphatic rings. The number of hydrogen-bond donors (Lipinski definition) is 2. The van der Waals surface area contributed by atoms with Crippen molar-refractivity contribution in [3.05, 3.63) is 29.6 Å². The second kappa shape index (κ2) is 5.40. The number of aromatic hydroxyl groups is 1. The lowest BCUT2D eigenvalue weighted by atomic mass is 10.1. The molecule has 0 bridgehead atoms. The van der Waals surface area contributed by atoms with Crippen LogP contribution in [0.1, 0.15) is 36.0 Å². The maximum absolute atomic E-state index is 13.8. The van der Waals surface area contributed by atoms with Gasteiger partial charge in [0.2, 0.25) is 0 Å². The van der Waals surface area contributed by atoms with Gasteiger partial charge in [0.15, 0.2) is 0 Å². The topological polar surface area (TPSA) is 52.6 Å². The lowest BCUT2D eigenvalue weighted by Gasteiger charge is -2.26. The van der Waals surface area contributed by atoms with E-state index in [0.717, 1.165) is 32.2 Å². The number of hydrogen-bond acceptors (Lipinski definition) is 3. The smallest absolute Gasteiger partial charge is 0.260 e. The van der Waals surface area contributed by atoms with Crippen LogP contribution in [0.4, 0.5) is 4.39 Å². The number of carbonyl (C=O) groups is 1. The highest BCUT2D eigenvalue weighted by Gasteiger charge is 2.36. The van der Waals surface area contributed by atoms with Crippen LogP contribution in [0.25, 0.3) is 0 Å². The highest BCUT2D eigenvalue weighted by Crippen LogP contribution is 2.31. The third-order valence-corrected chi connectivity index (χ3v) is 4.03. The summed E-state index contributed by atoms with van der Waals surface area (Å²) in [6.45, 7) is 1.57. The van der Waals surface area contributed by atoms with E-state index in [1.54, 1.807) is 4.90 Å². The second-order valence-corrected chi connectivity index (χ2v) is 5.62. The molecule has 0 aromatic heterocycles. The fourth-order valence-corrected chi connectivity index (χ4v) is 2.80. The summed E-state index contributed by atoms with van der Waals surface area (Å²) < 4.78 is 13.8. The van der Waals surface area contributed by atoms with Gasteiger partial charge in [-0.05, 0) is 44.4 Å². The van der Waals surface area contributed by atoms with Gasteiger partial charge in [-0.25, -0.2) is 4.39 Å². The van der Waals surface area contributed by atoms with Crippen molar-refractivity contribution in [1.29, 1.82) is 0 Å². The molecule has 1 saturated carbocycles. The van der Waals surface area contributed by atoms with Gasteiger partial charge >= 0.3 is 0 Å². The van der Waals surface area contributed by atoms with E-state index in [0.29, 0.717) is 6.54 Å². The monoisotopic (exact) mass is 278 g/mol. The molecule has 1 aromatic carbocycles. The van der Waals surface area contributed by atoms with E-state index in [9.17, 15) is 14.3 Å². The predicted octanol–water partition coefficient (Wildman–Crippen LogP) is 1.89. The largest absolute Gasteiger partial charge is 0.507 e. The molecule has 2 fully saturated rings. The summed E-state index contributed by atoms with van der Waals surface area (Å²) in [6.07, 6.45) is 4.09. The summed E-state index contributed by atoms with van der Waals surface area (Å²) in [4.78, 5) is 14.3. The highest BCUT2D eigenvalue weighted by atomic mass is 19.1. The molecule has 1 aliphatic heterocycles. The van der Waals surface area contributed by atoms with Crippen molar-refractivity contribution in [3.8, 4) is 5.75 Å². The fourth-order valence-electron chi connectivity index (χ4n) is 2.80. The molecule has 1 aromatic rings. The van der Waals surface area contributed by atoms with Gasteiger partial charge < -0.3 is 15.3 Å². The number of carbonyl (C=O) groups excluding carboxylic acids is 1. The van der Waals surface area contributed by atoms with Crippen molar-refractivity contribution >= 4 is 5.91 Å². The predicted molar refractivity (Wildman–Crippen MR) is 73.1 cm³/mol. The third kappa shape index (κ3) is 2.63. The van der Waals surface area contributed by atoms with Crippen LogP contribution in [-0.2, 0) is 0 Å². The first-order chi connectivity index (χ1) is 9.66. The Morgan fingerprint density at radius 1 is 1.40 bits per heavy atom. The minimum absolute atomic E-state index is 0.197. The van der Waals surface area contributed by atoms with Gasteiger partial charge in [0.25, 0.3) is 5.91 Å². The van der Waals surface area contributed by atoms with Crippen LogP contribution in [0.5, 0.6) is 5.75 Å². The van der Waals surface area contributed by atoms with E-state index in [1.807, 2.05) is 0 Å². The van der Waals surface area contributed by atoms with Gasteiger partial charge in [-0.3, -0.25) is 4.79 Å². The zero-order valence-corrected chi connectivity index (χ0v) is 11.3. The van der Waals surface area contributed by atoms with Crippen molar-refractivity contribution in [2.45, 2.75) is 37.8 Å². The van der Waals surface area contributed by atoms with E-state index in [2.05, 4.69) is 5.32 Å². The second-order valence-electron chi connectivity index (χ2n) is 5.62. The average Bonchev–Trinajstić information content (AvgIpc) is 3.12. The van der Waals surface area contributed by atoms with Crippen LogP contribution in [0.3, 0.4) is 0 Å². The minimum atomic E-state index is -0.653. The van der Waals surface area contributed by atoms with Gasteiger partial charge in [-0.1, -0.05) is 6.07 Å². The zero-order valence-electron chi connectivity index (χ0n) is 11.3. The number of phenolic OH excluding ortho intramolecular Hbond substituents is 1. The molecular formula is C15H19FN2O2. The highest BCUT2D eigenvalue weighted by molar-refractivity contribution is 5.97. The molecule has 20 heavy (non-hydrogen) atoms. The Morgan fingerprint density at radius 2 is 2.20 bits per heavy atom. The Bertz CT molecular complexity index is 490. The van der Waals surface area contributed by atoms with Crippen LogP contribution < -0.4 is 5.32 Å². The lowest BCUT2D eigenvalue weighted by Crippen LogP contribution is -2.42. The van der Waals surface area contributed by atoms with Crippen LogP contribution >= 0.6 is 0 Å². The van der Waals surface area contributed by atoms with Crippen LogP contribution in [0, 0.1) is 5.82 Å². The number of nitrogens with one attached hydrogen (secondary N) is 1. The summed E-state index contributed by atoms with van der Waals surface area (Å²) >= 11 is 0. The number of benzene rings is 1. The lowest BCUT2D eigenvalue weighted by molar-refractivity contribution is 0.0720. The Kier molecular flexibility index (Phi) is 3.61. The Labute approximate surface area is 117 Å². The summed E-state index contributed by atoms with van der Waals surface area (Å²) in [7, 11) is 0. The van der Waals surface area contributed by atoms with Crippen molar-refractivity contribution < 1.29 is 14.3 Å². The molecule has 1 atom stereocenters. The van der Waals surface area contributed by atoms with Gasteiger partial charge in [0.1, 0.15) is 17.1 Å². The number of phenols is 1. The summed E-state index contributed by atoms with van der Waals surface area (Å²) in [5.41, 5.74) is -0.197. The molecule has 0 radical (unpaired) electrons. The third-order valence-electron chi connectivity index (χ3n) is 4.03. The molecule has 1 unspecified atom stereocenters. The van der Waals surface area contributed by atoms with E-state index in [1.165, 1.54) is 18.2 Å². The average molecular weight is 278 g/mol. The standard InChI is InChI=1S/C15H19FN2O2/c16-12-4-1-5-13(19)14(12)15(20)18(11-6-7-11)9-10-3-2-8-17-10/h1,4-5,10-11,17,19H,2-3,6-9H2. The van der Waals surface area contributed by atoms with Gasteiger partial charge in [0.05, 0.1) is 0 Å². The van der Waals surface area contributed by atoms with Gasteiger partial charge in [-0.15, -0.1) is 0 Å². The first-order valence-electron chi connectivity index (χ1n) is 7.18. The van der Waals surface area contributed by atoms with E-state index in [4.69, 9.17) is 0 Å². The van der Waals surface area contributed by atoms with Crippen LogP contribution in [0.2, 0.25) is 0 Å². The zero-order chi connectivity index (χ0) is 14.1. The molecule has 2 N–H and O–H groups in total. The maximum Gasteiger partial charge on any atom is 0.260 e. The normalized spacial score (nSPS) is 21.9. The fraction of sp³-hybridized carbons (Fsp3) is 0.533. The molecule has 0 spiro atoms. The number of rotatable bonds is 4. The summed E-state index contributed by atoms with van der Waals surface area (Å²) in [6, 6.07) is 4.46. The molecule has 4 nitrogen and oxygen atoms in total. The molecular weight excluding hydrogens is 259 g/mol. The van der Waals surface area contributed by atoms with E-state index in [-0.39, 0.29) is 23.4 Å². The molecule has 1 aliphatic carbocycles. The minimum Gasteiger partial charge on any atom is -0.507 e. The Hall–Kier alpha value is -1.62. The van der Waals surface area contributed by atoms with Gasteiger partial charge in [-0.2, -0.15) is 0 Å². The summed E-state index contributed by atoms with van der Waals surface area (Å²) in [5.74, 6) is -1.32. The molecule has 1 heterocycles. The van der Waals surface area contributed by atoms with E-state index >= 15 is 0 Å². The number of halogens is 1. The molecule has 1 saturated heterocycles. The Balaban J connectivity index is 1.81. The van der Waals surface area contributed by atoms with Crippen molar-refractivity contribution in [2.75, 3.05) is 13.1 Å². The van der Waals surface area contributed by atoms with Crippen molar-refractivity contribution in [3.63, 3.8) is 0 Å². The number of nitrogens with zero attached hydrogens (tertiary/aromatic N) is 1. The number of amides is 1. The molecule has 108 valence electrons. The quantitative estimate of drug-likeness (QED) is 0.884. The first-order valence-corrected chi connectivity index (χ1v) is 7.18. The van der Waals surface area contributed by atoms with Crippen LogP contribution in [-0.4, -0.2) is 41.1 Å². The van der Waals surface area contributed by atoms with E-state index < -0.39 is 11.7 Å². The SMILES string of the molecule is O=C(c1c(O)cccc1F)N(CC1CCCN1)C1CC1.